The van der Waals surface area contributed by atoms with Crippen LogP contribution in [0, 0.1) is 17.0 Å². The van der Waals surface area contributed by atoms with Crippen molar-refractivity contribution >= 4 is 11.5 Å². The highest BCUT2D eigenvalue weighted by Crippen LogP contribution is 2.32. The van der Waals surface area contributed by atoms with Gasteiger partial charge in [0, 0.05) is 30.9 Å². The molecule has 1 aliphatic heterocycles. The Balaban J connectivity index is 2.41. The SMILES string of the molecule is Cc1cnc(N2CCCCC2C(C)N)c([N+](=O)[O-])c1. The van der Waals surface area contributed by atoms with Crippen LogP contribution in [0.5, 0.6) is 0 Å². The summed E-state index contributed by atoms with van der Waals surface area (Å²) in [6.07, 6.45) is 4.78. The number of piperidine rings is 1. The van der Waals surface area contributed by atoms with Crippen molar-refractivity contribution in [3.63, 3.8) is 0 Å². The van der Waals surface area contributed by atoms with Crippen molar-refractivity contribution in [2.45, 2.75) is 45.2 Å². The molecule has 104 valence electrons. The van der Waals surface area contributed by atoms with Crippen LogP contribution >= 0.6 is 0 Å². The molecule has 0 amide bonds. The van der Waals surface area contributed by atoms with Crippen LogP contribution in [0.1, 0.15) is 31.7 Å². The second-order valence-electron chi connectivity index (χ2n) is 5.23. The van der Waals surface area contributed by atoms with Crippen LogP contribution in [-0.2, 0) is 0 Å². The highest BCUT2D eigenvalue weighted by atomic mass is 16.6. The van der Waals surface area contributed by atoms with Crippen molar-refractivity contribution in [2.24, 2.45) is 5.73 Å². The predicted molar refractivity (Wildman–Crippen MR) is 74.3 cm³/mol. The second kappa shape index (κ2) is 5.52. The van der Waals surface area contributed by atoms with Gasteiger partial charge in [-0.3, -0.25) is 10.1 Å². The Kier molecular flexibility index (Phi) is 3.99. The first-order chi connectivity index (χ1) is 9.00. The average Bonchev–Trinajstić information content (AvgIpc) is 2.38. The first kappa shape index (κ1) is 13.7. The third-order valence-corrected chi connectivity index (χ3v) is 3.61. The lowest BCUT2D eigenvalue weighted by molar-refractivity contribution is -0.384. The van der Waals surface area contributed by atoms with Gasteiger partial charge in [-0.2, -0.15) is 0 Å². The molecular formula is C13H20N4O2. The Bertz CT molecular complexity index is 476. The van der Waals surface area contributed by atoms with Gasteiger partial charge >= 0.3 is 5.69 Å². The number of aromatic nitrogens is 1. The topological polar surface area (TPSA) is 85.3 Å². The van der Waals surface area contributed by atoms with Crippen molar-refractivity contribution in [3.8, 4) is 0 Å². The number of nitrogens with two attached hydrogens (primary N) is 1. The summed E-state index contributed by atoms with van der Waals surface area (Å²) in [6.45, 7) is 4.54. The number of nitrogens with zero attached hydrogens (tertiary/aromatic N) is 3. The van der Waals surface area contributed by atoms with E-state index in [2.05, 4.69) is 4.98 Å². The molecule has 6 nitrogen and oxygen atoms in total. The van der Waals surface area contributed by atoms with E-state index in [0.29, 0.717) is 5.82 Å². The summed E-state index contributed by atoms with van der Waals surface area (Å²) in [6, 6.07) is 1.68. The van der Waals surface area contributed by atoms with Gasteiger partial charge in [0.2, 0.25) is 5.82 Å². The second-order valence-corrected chi connectivity index (χ2v) is 5.23. The summed E-state index contributed by atoms with van der Waals surface area (Å²) in [7, 11) is 0. The number of hydrogen-bond donors (Lipinski definition) is 1. The molecule has 1 aliphatic rings. The van der Waals surface area contributed by atoms with Crippen molar-refractivity contribution in [1.29, 1.82) is 0 Å². The van der Waals surface area contributed by atoms with Crippen LogP contribution in [0.3, 0.4) is 0 Å². The highest BCUT2D eigenvalue weighted by molar-refractivity contribution is 5.59. The number of hydrogen-bond acceptors (Lipinski definition) is 5. The molecule has 1 aromatic rings. The Morgan fingerprint density at radius 1 is 1.58 bits per heavy atom. The lowest BCUT2D eigenvalue weighted by Gasteiger charge is -2.38. The summed E-state index contributed by atoms with van der Waals surface area (Å²) < 4.78 is 0. The molecule has 0 radical (unpaired) electrons. The maximum atomic E-state index is 11.2. The van der Waals surface area contributed by atoms with Gasteiger partial charge in [0.05, 0.1) is 4.92 Å². The maximum Gasteiger partial charge on any atom is 0.311 e. The lowest BCUT2D eigenvalue weighted by atomic mass is 9.97. The summed E-state index contributed by atoms with van der Waals surface area (Å²) in [5.41, 5.74) is 6.88. The molecule has 0 saturated carbocycles. The van der Waals surface area contributed by atoms with Gasteiger partial charge < -0.3 is 10.6 Å². The van der Waals surface area contributed by atoms with Crippen LogP contribution in [0.15, 0.2) is 12.3 Å². The van der Waals surface area contributed by atoms with Crippen LogP contribution in [0.2, 0.25) is 0 Å². The minimum absolute atomic E-state index is 0.0250. The van der Waals surface area contributed by atoms with Crippen molar-refractivity contribution in [1.82, 2.24) is 4.98 Å². The predicted octanol–water partition coefficient (Wildman–Crippen LogP) is 2.00. The molecule has 0 bridgehead atoms. The van der Waals surface area contributed by atoms with Gasteiger partial charge in [-0.1, -0.05) is 0 Å². The lowest BCUT2D eigenvalue weighted by Crippen LogP contribution is -2.49. The van der Waals surface area contributed by atoms with E-state index in [0.717, 1.165) is 31.4 Å². The van der Waals surface area contributed by atoms with E-state index in [-0.39, 0.29) is 22.7 Å². The van der Waals surface area contributed by atoms with E-state index in [1.54, 1.807) is 12.3 Å². The number of anilines is 1. The van der Waals surface area contributed by atoms with Crippen molar-refractivity contribution < 1.29 is 4.92 Å². The molecule has 1 aromatic heterocycles. The van der Waals surface area contributed by atoms with Gasteiger partial charge in [-0.15, -0.1) is 0 Å². The third kappa shape index (κ3) is 2.84. The highest BCUT2D eigenvalue weighted by Gasteiger charge is 2.31. The van der Waals surface area contributed by atoms with E-state index >= 15 is 0 Å². The molecule has 19 heavy (non-hydrogen) atoms. The third-order valence-electron chi connectivity index (χ3n) is 3.61. The van der Waals surface area contributed by atoms with E-state index in [1.807, 2.05) is 18.7 Å². The molecule has 2 N–H and O–H groups in total. The minimum atomic E-state index is -0.359. The van der Waals surface area contributed by atoms with E-state index in [4.69, 9.17) is 5.73 Å². The Hall–Kier alpha value is -1.69. The van der Waals surface area contributed by atoms with Crippen LogP contribution < -0.4 is 10.6 Å². The molecule has 0 aliphatic carbocycles. The van der Waals surface area contributed by atoms with Crippen molar-refractivity contribution in [3.05, 3.63) is 27.9 Å². The fraction of sp³-hybridized carbons (Fsp3) is 0.615. The van der Waals surface area contributed by atoms with Crippen LogP contribution in [0.25, 0.3) is 0 Å². The molecule has 2 rings (SSSR count). The molecule has 1 fully saturated rings. The van der Waals surface area contributed by atoms with Crippen LogP contribution in [-0.4, -0.2) is 28.5 Å². The van der Waals surface area contributed by atoms with E-state index < -0.39 is 0 Å². The number of aryl methyl sites for hydroxylation is 1. The molecule has 2 unspecified atom stereocenters. The number of pyridine rings is 1. The fourth-order valence-electron chi connectivity index (χ4n) is 2.67. The zero-order chi connectivity index (χ0) is 14.0. The zero-order valence-corrected chi connectivity index (χ0v) is 11.4. The normalized spacial score (nSPS) is 21.2. The summed E-state index contributed by atoms with van der Waals surface area (Å²) in [5.74, 6) is 0.456. The zero-order valence-electron chi connectivity index (χ0n) is 11.4. The molecule has 2 atom stereocenters. The largest absolute Gasteiger partial charge is 0.346 e. The van der Waals surface area contributed by atoms with Gasteiger partial charge in [0.25, 0.3) is 0 Å². The van der Waals surface area contributed by atoms with E-state index in [1.165, 1.54) is 0 Å². The monoisotopic (exact) mass is 264 g/mol. The Morgan fingerprint density at radius 3 is 2.95 bits per heavy atom. The standard InChI is InChI=1S/C13H20N4O2/c1-9-7-12(17(18)19)13(15-8-9)16-6-4-3-5-11(16)10(2)14/h7-8,10-11H,3-6,14H2,1-2H3. The quantitative estimate of drug-likeness (QED) is 0.666. The first-order valence-electron chi connectivity index (χ1n) is 6.64. The smallest absolute Gasteiger partial charge is 0.311 e. The van der Waals surface area contributed by atoms with Gasteiger partial charge in [0.15, 0.2) is 0 Å². The Morgan fingerprint density at radius 2 is 2.32 bits per heavy atom. The molecule has 1 saturated heterocycles. The first-order valence-corrected chi connectivity index (χ1v) is 6.64. The molecule has 0 aromatic carbocycles. The summed E-state index contributed by atoms with van der Waals surface area (Å²) in [5, 5.41) is 11.2. The number of rotatable bonds is 3. The number of nitro groups is 1. The fourth-order valence-corrected chi connectivity index (χ4v) is 2.67. The van der Waals surface area contributed by atoms with Gasteiger partial charge in [-0.05, 0) is 38.7 Å². The molecule has 0 spiro atoms. The van der Waals surface area contributed by atoms with Gasteiger partial charge in [-0.25, -0.2) is 4.98 Å². The summed E-state index contributed by atoms with van der Waals surface area (Å²) in [4.78, 5) is 17.1. The van der Waals surface area contributed by atoms with Gasteiger partial charge in [0.1, 0.15) is 0 Å². The average molecular weight is 264 g/mol. The minimum Gasteiger partial charge on any atom is -0.346 e. The maximum absolute atomic E-state index is 11.2. The van der Waals surface area contributed by atoms with Crippen molar-refractivity contribution in [2.75, 3.05) is 11.4 Å². The van der Waals surface area contributed by atoms with Crippen LogP contribution in [0.4, 0.5) is 11.5 Å². The summed E-state index contributed by atoms with van der Waals surface area (Å²) >= 11 is 0. The molecule has 6 heteroatoms. The molecular weight excluding hydrogens is 244 g/mol. The van der Waals surface area contributed by atoms with E-state index in [9.17, 15) is 10.1 Å². The molecule has 2 heterocycles. The Labute approximate surface area is 112 Å².